The van der Waals surface area contributed by atoms with E-state index in [0.29, 0.717) is 12.1 Å². The smallest absolute Gasteiger partial charge is 0.310 e. The van der Waals surface area contributed by atoms with Gasteiger partial charge in [-0.3, -0.25) is 14.9 Å². The highest BCUT2D eigenvalue weighted by Gasteiger charge is 2.13. The molecule has 6 nitrogen and oxygen atoms in total. The molecule has 0 fully saturated rings. The molecule has 1 amide bonds. The minimum absolute atomic E-state index is 0.0777. The summed E-state index contributed by atoms with van der Waals surface area (Å²) in [4.78, 5) is 22.2. The second-order valence-electron chi connectivity index (χ2n) is 4.74. The van der Waals surface area contributed by atoms with E-state index < -0.39 is 4.92 Å². The first-order valence-corrected chi connectivity index (χ1v) is 7.77. The van der Waals surface area contributed by atoms with Crippen LogP contribution in [0.4, 0.5) is 11.4 Å². The Balaban J connectivity index is 1.77. The van der Waals surface area contributed by atoms with Crippen LogP contribution in [-0.4, -0.2) is 17.4 Å². The van der Waals surface area contributed by atoms with Crippen LogP contribution >= 0.6 is 15.9 Å². The van der Waals surface area contributed by atoms with Gasteiger partial charge in [-0.1, -0.05) is 34.1 Å². The van der Waals surface area contributed by atoms with Gasteiger partial charge >= 0.3 is 5.69 Å². The maximum atomic E-state index is 11.8. The highest BCUT2D eigenvalue weighted by atomic mass is 79.9. The molecule has 0 bridgehead atoms. The first-order valence-electron chi connectivity index (χ1n) is 6.98. The number of amides is 1. The molecular formula is C16H15BrN2O4. The highest BCUT2D eigenvalue weighted by molar-refractivity contribution is 9.10. The van der Waals surface area contributed by atoms with Crippen molar-refractivity contribution in [3.05, 3.63) is 63.1 Å². The number of nitro benzene ring substituents is 1. The van der Waals surface area contributed by atoms with Gasteiger partial charge < -0.3 is 10.1 Å². The summed E-state index contributed by atoms with van der Waals surface area (Å²) in [5.74, 6) is 0.0826. The summed E-state index contributed by atoms with van der Waals surface area (Å²) in [5, 5.41) is 13.6. The summed E-state index contributed by atoms with van der Waals surface area (Å²) in [7, 11) is 0. The first kappa shape index (κ1) is 17.0. The van der Waals surface area contributed by atoms with Gasteiger partial charge in [-0.2, -0.15) is 0 Å². The van der Waals surface area contributed by atoms with Crippen molar-refractivity contribution in [3.8, 4) is 5.75 Å². The van der Waals surface area contributed by atoms with Gasteiger partial charge in [-0.25, -0.2) is 0 Å². The second-order valence-corrected chi connectivity index (χ2v) is 5.65. The van der Waals surface area contributed by atoms with Gasteiger partial charge in [-0.05, 0) is 30.7 Å². The summed E-state index contributed by atoms with van der Waals surface area (Å²) >= 11 is 3.33. The molecule has 0 aliphatic rings. The molecule has 1 N–H and O–H groups in total. The number of anilines is 1. The van der Waals surface area contributed by atoms with E-state index in [4.69, 9.17) is 4.74 Å². The van der Waals surface area contributed by atoms with Crippen LogP contribution in [0.15, 0.2) is 53.0 Å². The molecule has 2 aromatic carbocycles. The quantitative estimate of drug-likeness (QED) is 0.445. The lowest BCUT2D eigenvalue weighted by Gasteiger charge is -2.07. The van der Waals surface area contributed by atoms with Crippen LogP contribution in [0.25, 0.3) is 0 Å². The molecule has 0 heterocycles. The molecular weight excluding hydrogens is 364 g/mol. The molecule has 0 aliphatic heterocycles. The van der Waals surface area contributed by atoms with E-state index in [1.807, 2.05) is 18.2 Å². The number of nitro groups is 1. The van der Waals surface area contributed by atoms with Gasteiger partial charge in [0.15, 0.2) is 5.75 Å². The van der Waals surface area contributed by atoms with Crippen molar-refractivity contribution in [2.75, 3.05) is 11.9 Å². The van der Waals surface area contributed by atoms with Gasteiger partial charge in [-0.15, -0.1) is 0 Å². The van der Waals surface area contributed by atoms with Gasteiger partial charge in [0.1, 0.15) is 0 Å². The fourth-order valence-corrected chi connectivity index (χ4v) is 2.33. The molecule has 7 heteroatoms. The summed E-state index contributed by atoms with van der Waals surface area (Å²) in [6, 6.07) is 13.5. The topological polar surface area (TPSA) is 81.5 Å². The SMILES string of the molecule is O=C(CCCOc1ccccc1[N+](=O)[O-])Nc1cccc(Br)c1. The van der Waals surface area contributed by atoms with Crippen molar-refractivity contribution in [2.24, 2.45) is 0 Å². The third-order valence-electron chi connectivity index (χ3n) is 2.98. The number of nitrogens with one attached hydrogen (secondary N) is 1. The Morgan fingerprint density at radius 3 is 2.74 bits per heavy atom. The van der Waals surface area contributed by atoms with Crippen molar-refractivity contribution in [3.63, 3.8) is 0 Å². The fourth-order valence-electron chi connectivity index (χ4n) is 1.93. The Morgan fingerprint density at radius 2 is 2.00 bits per heavy atom. The Bertz CT molecular complexity index is 706. The van der Waals surface area contributed by atoms with Crippen LogP contribution in [-0.2, 0) is 4.79 Å². The highest BCUT2D eigenvalue weighted by Crippen LogP contribution is 2.25. The molecule has 0 saturated heterocycles. The standard InChI is InChI=1S/C16H15BrN2O4/c17-12-5-3-6-13(11-12)18-16(20)9-4-10-23-15-8-2-1-7-14(15)19(21)22/h1-3,5-8,11H,4,9-10H2,(H,18,20). The van der Waals surface area contributed by atoms with Crippen LogP contribution in [0.5, 0.6) is 5.75 Å². The number of ether oxygens (including phenoxy) is 1. The molecule has 0 saturated carbocycles. The Labute approximate surface area is 141 Å². The maximum Gasteiger partial charge on any atom is 0.310 e. The van der Waals surface area contributed by atoms with Crippen LogP contribution in [0.3, 0.4) is 0 Å². The number of para-hydroxylation sites is 2. The van der Waals surface area contributed by atoms with Crippen LogP contribution in [0, 0.1) is 10.1 Å². The monoisotopic (exact) mass is 378 g/mol. The number of halogens is 1. The van der Waals surface area contributed by atoms with Crippen molar-refractivity contribution >= 4 is 33.2 Å². The molecule has 0 atom stereocenters. The van der Waals surface area contributed by atoms with Gasteiger partial charge in [0.25, 0.3) is 0 Å². The van der Waals surface area contributed by atoms with Crippen molar-refractivity contribution in [1.82, 2.24) is 0 Å². The lowest BCUT2D eigenvalue weighted by molar-refractivity contribution is -0.385. The second kappa shape index (κ2) is 8.28. The molecule has 2 rings (SSSR count). The number of carbonyl (C=O) groups is 1. The number of carbonyl (C=O) groups excluding carboxylic acids is 1. The third-order valence-corrected chi connectivity index (χ3v) is 3.47. The maximum absolute atomic E-state index is 11.8. The number of rotatable bonds is 7. The number of hydrogen-bond acceptors (Lipinski definition) is 4. The number of nitrogens with zero attached hydrogens (tertiary/aromatic N) is 1. The molecule has 23 heavy (non-hydrogen) atoms. The largest absolute Gasteiger partial charge is 0.487 e. The molecule has 0 aromatic heterocycles. The van der Waals surface area contributed by atoms with Crippen LogP contribution < -0.4 is 10.1 Å². The summed E-state index contributed by atoms with van der Waals surface area (Å²) in [5.41, 5.74) is 0.634. The molecule has 0 radical (unpaired) electrons. The molecule has 2 aromatic rings. The average molecular weight is 379 g/mol. The predicted octanol–water partition coefficient (Wildman–Crippen LogP) is 4.16. The Hall–Kier alpha value is -2.41. The zero-order valence-corrected chi connectivity index (χ0v) is 13.8. The van der Waals surface area contributed by atoms with E-state index in [1.165, 1.54) is 6.07 Å². The summed E-state index contributed by atoms with van der Waals surface area (Å²) in [6.45, 7) is 0.233. The van der Waals surface area contributed by atoms with Crippen LogP contribution in [0.2, 0.25) is 0 Å². The van der Waals surface area contributed by atoms with E-state index in [1.54, 1.807) is 24.3 Å². The normalized spacial score (nSPS) is 10.1. The van der Waals surface area contributed by atoms with E-state index in [-0.39, 0.29) is 30.4 Å². The van der Waals surface area contributed by atoms with E-state index >= 15 is 0 Å². The zero-order valence-electron chi connectivity index (χ0n) is 12.2. The van der Waals surface area contributed by atoms with E-state index in [0.717, 1.165) is 4.47 Å². The minimum atomic E-state index is -0.491. The lowest BCUT2D eigenvalue weighted by atomic mass is 10.2. The van der Waals surface area contributed by atoms with Gasteiger partial charge in [0, 0.05) is 22.6 Å². The third kappa shape index (κ3) is 5.37. The first-order chi connectivity index (χ1) is 11.1. The van der Waals surface area contributed by atoms with E-state index in [2.05, 4.69) is 21.2 Å². The zero-order chi connectivity index (χ0) is 16.7. The van der Waals surface area contributed by atoms with Crippen molar-refractivity contribution < 1.29 is 14.5 Å². The fraction of sp³-hybridized carbons (Fsp3) is 0.188. The summed E-state index contributed by atoms with van der Waals surface area (Å²) < 4.78 is 6.27. The van der Waals surface area contributed by atoms with Crippen molar-refractivity contribution in [2.45, 2.75) is 12.8 Å². The molecule has 120 valence electrons. The lowest BCUT2D eigenvalue weighted by Crippen LogP contribution is -2.12. The van der Waals surface area contributed by atoms with E-state index in [9.17, 15) is 14.9 Å². The Morgan fingerprint density at radius 1 is 1.22 bits per heavy atom. The molecule has 0 unspecified atom stereocenters. The van der Waals surface area contributed by atoms with Crippen LogP contribution in [0.1, 0.15) is 12.8 Å². The molecule has 0 aliphatic carbocycles. The molecule has 0 spiro atoms. The average Bonchev–Trinajstić information content (AvgIpc) is 2.52. The predicted molar refractivity (Wildman–Crippen MR) is 90.6 cm³/mol. The van der Waals surface area contributed by atoms with Gasteiger partial charge in [0.2, 0.25) is 5.91 Å². The summed E-state index contributed by atoms with van der Waals surface area (Å²) in [6.07, 6.45) is 0.735. The number of hydrogen-bond donors (Lipinski definition) is 1. The van der Waals surface area contributed by atoms with Crippen molar-refractivity contribution in [1.29, 1.82) is 0 Å². The Kier molecular flexibility index (Phi) is 6.10. The van der Waals surface area contributed by atoms with Gasteiger partial charge in [0.05, 0.1) is 11.5 Å². The minimum Gasteiger partial charge on any atom is -0.487 e. The number of benzene rings is 2.